The van der Waals surface area contributed by atoms with E-state index >= 15 is 0 Å². The van der Waals surface area contributed by atoms with Crippen molar-refractivity contribution in [1.82, 2.24) is 5.32 Å². The predicted octanol–water partition coefficient (Wildman–Crippen LogP) is 3.92. The van der Waals surface area contributed by atoms with Crippen LogP contribution in [0.1, 0.15) is 38.2 Å². The molecule has 100 valence electrons. The molecule has 0 heterocycles. The van der Waals surface area contributed by atoms with Gasteiger partial charge in [0.2, 0.25) is 0 Å². The summed E-state index contributed by atoms with van der Waals surface area (Å²) >= 11 is 3.62. The normalized spacial score (nSPS) is 14.8. The predicted molar refractivity (Wildman–Crippen MR) is 79.3 cm³/mol. The average molecular weight is 312 g/mol. The van der Waals surface area contributed by atoms with Gasteiger partial charge in [0.05, 0.1) is 6.61 Å². The van der Waals surface area contributed by atoms with E-state index in [0.717, 1.165) is 24.8 Å². The summed E-state index contributed by atoms with van der Waals surface area (Å²) in [6, 6.07) is 7.14. The van der Waals surface area contributed by atoms with E-state index in [1.165, 1.54) is 42.3 Å². The Morgan fingerprint density at radius 3 is 2.83 bits per heavy atom. The molecule has 2 nitrogen and oxygen atoms in total. The SMILES string of the molecule is CCOc1ccc(CCCCNC2CC2)c(Br)c1. The van der Waals surface area contributed by atoms with Crippen LogP contribution in [0.15, 0.2) is 22.7 Å². The van der Waals surface area contributed by atoms with Gasteiger partial charge < -0.3 is 10.1 Å². The molecule has 0 aliphatic heterocycles. The summed E-state index contributed by atoms with van der Waals surface area (Å²) < 4.78 is 6.65. The van der Waals surface area contributed by atoms with Crippen molar-refractivity contribution in [2.45, 2.75) is 45.1 Å². The molecule has 0 amide bonds. The van der Waals surface area contributed by atoms with E-state index in [-0.39, 0.29) is 0 Å². The quantitative estimate of drug-likeness (QED) is 0.735. The van der Waals surface area contributed by atoms with E-state index in [0.29, 0.717) is 0 Å². The van der Waals surface area contributed by atoms with E-state index in [2.05, 4.69) is 39.4 Å². The zero-order chi connectivity index (χ0) is 12.8. The van der Waals surface area contributed by atoms with Gasteiger partial charge in [-0.3, -0.25) is 0 Å². The summed E-state index contributed by atoms with van der Waals surface area (Å²) in [5, 5.41) is 3.55. The lowest BCUT2D eigenvalue weighted by molar-refractivity contribution is 0.340. The Morgan fingerprint density at radius 1 is 1.33 bits per heavy atom. The molecular formula is C15H22BrNO. The first-order valence-electron chi connectivity index (χ1n) is 6.94. The van der Waals surface area contributed by atoms with Crippen molar-refractivity contribution in [2.24, 2.45) is 0 Å². The Bertz CT molecular complexity index is 377. The fourth-order valence-corrected chi connectivity index (χ4v) is 2.58. The van der Waals surface area contributed by atoms with E-state index in [1.807, 2.05) is 6.92 Å². The number of nitrogens with one attached hydrogen (secondary N) is 1. The highest BCUT2D eigenvalue weighted by molar-refractivity contribution is 9.10. The molecule has 1 fully saturated rings. The molecule has 0 aromatic heterocycles. The van der Waals surface area contributed by atoms with Crippen LogP contribution in [-0.4, -0.2) is 19.2 Å². The van der Waals surface area contributed by atoms with E-state index in [1.54, 1.807) is 0 Å². The number of aryl methyl sites for hydroxylation is 1. The molecule has 1 aromatic rings. The first kappa shape index (κ1) is 13.9. The maximum absolute atomic E-state index is 5.48. The molecule has 1 aliphatic carbocycles. The number of hydrogen-bond donors (Lipinski definition) is 1. The monoisotopic (exact) mass is 311 g/mol. The summed E-state index contributed by atoms with van der Waals surface area (Å²) in [5.74, 6) is 0.948. The second-order valence-corrected chi connectivity index (χ2v) is 5.73. The lowest BCUT2D eigenvalue weighted by Crippen LogP contribution is -2.17. The second kappa shape index (κ2) is 7.15. The van der Waals surface area contributed by atoms with Crippen LogP contribution in [0.4, 0.5) is 0 Å². The molecule has 2 rings (SSSR count). The number of ether oxygens (including phenoxy) is 1. The Hall–Kier alpha value is -0.540. The smallest absolute Gasteiger partial charge is 0.120 e. The summed E-state index contributed by atoms with van der Waals surface area (Å²) in [7, 11) is 0. The molecule has 0 spiro atoms. The van der Waals surface area contributed by atoms with Crippen LogP contribution in [0.2, 0.25) is 0 Å². The molecule has 1 saturated carbocycles. The van der Waals surface area contributed by atoms with Crippen molar-refractivity contribution in [1.29, 1.82) is 0 Å². The summed E-state index contributed by atoms with van der Waals surface area (Å²) in [6.07, 6.45) is 6.40. The number of rotatable bonds is 8. The Kier molecular flexibility index (Phi) is 5.51. The molecule has 1 aromatic carbocycles. The molecule has 1 aliphatic rings. The molecule has 0 atom stereocenters. The molecule has 0 saturated heterocycles. The Labute approximate surface area is 118 Å². The number of benzene rings is 1. The molecule has 18 heavy (non-hydrogen) atoms. The third-order valence-electron chi connectivity index (χ3n) is 3.22. The maximum Gasteiger partial charge on any atom is 0.120 e. The summed E-state index contributed by atoms with van der Waals surface area (Å²) in [5.41, 5.74) is 1.38. The van der Waals surface area contributed by atoms with Gasteiger partial charge in [0.25, 0.3) is 0 Å². The van der Waals surface area contributed by atoms with Crippen LogP contribution in [-0.2, 0) is 6.42 Å². The topological polar surface area (TPSA) is 21.3 Å². The molecule has 0 radical (unpaired) electrons. The largest absolute Gasteiger partial charge is 0.494 e. The van der Waals surface area contributed by atoms with Gasteiger partial charge in [0, 0.05) is 10.5 Å². The zero-order valence-corrected chi connectivity index (χ0v) is 12.6. The fraction of sp³-hybridized carbons (Fsp3) is 0.600. The van der Waals surface area contributed by atoms with Crippen LogP contribution >= 0.6 is 15.9 Å². The number of halogens is 1. The highest BCUT2D eigenvalue weighted by atomic mass is 79.9. The standard InChI is InChI=1S/C15H22BrNO/c1-2-18-14-9-6-12(15(16)11-14)5-3-4-10-17-13-7-8-13/h6,9,11,13,17H,2-5,7-8,10H2,1H3. The van der Waals surface area contributed by atoms with Gasteiger partial charge in [-0.05, 0) is 63.3 Å². The summed E-state index contributed by atoms with van der Waals surface area (Å²) in [4.78, 5) is 0. The number of hydrogen-bond acceptors (Lipinski definition) is 2. The van der Waals surface area contributed by atoms with Crippen molar-refractivity contribution in [3.8, 4) is 5.75 Å². The molecular weight excluding hydrogens is 290 g/mol. The maximum atomic E-state index is 5.48. The van der Waals surface area contributed by atoms with Gasteiger partial charge in [-0.1, -0.05) is 22.0 Å². The van der Waals surface area contributed by atoms with Crippen molar-refractivity contribution < 1.29 is 4.74 Å². The Morgan fingerprint density at radius 2 is 2.17 bits per heavy atom. The van der Waals surface area contributed by atoms with Gasteiger partial charge in [0.1, 0.15) is 5.75 Å². The van der Waals surface area contributed by atoms with Crippen molar-refractivity contribution >= 4 is 15.9 Å². The highest BCUT2D eigenvalue weighted by Crippen LogP contribution is 2.24. The van der Waals surface area contributed by atoms with Crippen LogP contribution in [0.25, 0.3) is 0 Å². The average Bonchev–Trinajstić information content (AvgIpc) is 3.16. The first-order valence-corrected chi connectivity index (χ1v) is 7.73. The zero-order valence-electron chi connectivity index (χ0n) is 11.0. The van der Waals surface area contributed by atoms with Crippen LogP contribution in [0.5, 0.6) is 5.75 Å². The highest BCUT2D eigenvalue weighted by Gasteiger charge is 2.19. The van der Waals surface area contributed by atoms with Gasteiger partial charge in [0.15, 0.2) is 0 Å². The van der Waals surface area contributed by atoms with Gasteiger partial charge in [-0.2, -0.15) is 0 Å². The van der Waals surface area contributed by atoms with Crippen LogP contribution in [0.3, 0.4) is 0 Å². The lowest BCUT2D eigenvalue weighted by atomic mass is 10.1. The van der Waals surface area contributed by atoms with E-state index < -0.39 is 0 Å². The third kappa shape index (κ3) is 4.62. The third-order valence-corrected chi connectivity index (χ3v) is 3.96. The minimum atomic E-state index is 0.721. The van der Waals surface area contributed by atoms with Gasteiger partial charge in [-0.25, -0.2) is 0 Å². The first-order chi connectivity index (χ1) is 8.79. The minimum Gasteiger partial charge on any atom is -0.494 e. The summed E-state index contributed by atoms with van der Waals surface area (Å²) in [6.45, 7) is 3.90. The van der Waals surface area contributed by atoms with Gasteiger partial charge in [-0.15, -0.1) is 0 Å². The minimum absolute atomic E-state index is 0.721. The second-order valence-electron chi connectivity index (χ2n) is 4.87. The Balaban J connectivity index is 1.70. The van der Waals surface area contributed by atoms with E-state index in [9.17, 15) is 0 Å². The van der Waals surface area contributed by atoms with Crippen molar-refractivity contribution in [2.75, 3.05) is 13.2 Å². The van der Waals surface area contributed by atoms with Crippen molar-refractivity contribution in [3.05, 3.63) is 28.2 Å². The van der Waals surface area contributed by atoms with Gasteiger partial charge >= 0.3 is 0 Å². The van der Waals surface area contributed by atoms with Crippen molar-refractivity contribution in [3.63, 3.8) is 0 Å². The van der Waals surface area contributed by atoms with Crippen LogP contribution < -0.4 is 10.1 Å². The molecule has 3 heteroatoms. The molecule has 1 N–H and O–H groups in total. The molecule has 0 bridgehead atoms. The molecule has 0 unspecified atom stereocenters. The number of unbranched alkanes of at least 4 members (excludes halogenated alkanes) is 1. The fourth-order valence-electron chi connectivity index (χ4n) is 2.02. The van der Waals surface area contributed by atoms with E-state index in [4.69, 9.17) is 4.74 Å². The lowest BCUT2D eigenvalue weighted by Gasteiger charge is -2.08. The van der Waals surface area contributed by atoms with Crippen LogP contribution in [0, 0.1) is 0 Å².